The van der Waals surface area contributed by atoms with Crippen molar-refractivity contribution >= 4 is 45.0 Å². The molecule has 0 unspecified atom stereocenters. The maximum absolute atomic E-state index is 12.4. The van der Waals surface area contributed by atoms with Crippen molar-refractivity contribution in [2.24, 2.45) is 32.3 Å². The molecule has 0 bridgehead atoms. The average molecular weight is 559 g/mol. The van der Waals surface area contributed by atoms with E-state index in [4.69, 9.17) is 0 Å². The number of hydrogen-bond donors (Lipinski definition) is 2. The van der Waals surface area contributed by atoms with E-state index in [1.807, 2.05) is 50.2 Å². The molecule has 41 heavy (non-hydrogen) atoms. The summed E-state index contributed by atoms with van der Waals surface area (Å²) in [5.41, 5.74) is 4.18. The number of rotatable bonds is 10. The van der Waals surface area contributed by atoms with E-state index < -0.39 is 11.8 Å². The standard InChI is InChI=1S/C31H38N6O4/c1-18(2)16-36-24-12-10-20(5)14-22(24)28(30(36)40)34-32-26(38)8-7-9-27(39)33-35-29-23-15-21(6)11-13-25(23)37(31(29)41)17-19(3)4/h10-15,18-19,40-41H,7-9,16-17H2,1-6H3. The van der Waals surface area contributed by atoms with E-state index in [0.29, 0.717) is 24.9 Å². The normalized spacial score (nSPS) is 12.3. The van der Waals surface area contributed by atoms with Crippen molar-refractivity contribution in [3.63, 3.8) is 0 Å². The molecule has 0 spiro atoms. The lowest BCUT2D eigenvalue weighted by Gasteiger charge is -2.09. The fourth-order valence-electron chi connectivity index (χ4n) is 4.87. The van der Waals surface area contributed by atoms with E-state index in [2.05, 4.69) is 48.2 Å². The average Bonchev–Trinajstić information content (AvgIpc) is 3.29. The van der Waals surface area contributed by atoms with Crippen LogP contribution in [0.5, 0.6) is 11.8 Å². The highest BCUT2D eigenvalue weighted by molar-refractivity contribution is 5.96. The van der Waals surface area contributed by atoms with Gasteiger partial charge in [0.15, 0.2) is 11.4 Å². The van der Waals surface area contributed by atoms with Crippen molar-refractivity contribution in [3.05, 3.63) is 47.5 Å². The molecule has 0 fully saturated rings. The third kappa shape index (κ3) is 6.70. The first-order valence-corrected chi connectivity index (χ1v) is 14.0. The minimum absolute atomic E-state index is 0.00662. The van der Waals surface area contributed by atoms with Crippen LogP contribution in [0.1, 0.15) is 58.1 Å². The van der Waals surface area contributed by atoms with Crippen LogP contribution < -0.4 is 0 Å². The van der Waals surface area contributed by atoms with Crippen LogP contribution in [0.4, 0.5) is 11.4 Å². The van der Waals surface area contributed by atoms with E-state index >= 15 is 0 Å². The van der Waals surface area contributed by atoms with Gasteiger partial charge in [0.05, 0.1) is 11.0 Å². The van der Waals surface area contributed by atoms with Crippen molar-refractivity contribution in [3.8, 4) is 11.8 Å². The number of benzene rings is 2. The number of carbonyl (C=O) groups excluding carboxylic acids is 2. The third-order valence-corrected chi connectivity index (χ3v) is 6.73. The summed E-state index contributed by atoms with van der Waals surface area (Å²) < 4.78 is 3.56. The lowest BCUT2D eigenvalue weighted by molar-refractivity contribution is -0.119. The Morgan fingerprint density at radius 2 is 1.10 bits per heavy atom. The highest BCUT2D eigenvalue weighted by Gasteiger charge is 2.19. The molecule has 10 nitrogen and oxygen atoms in total. The topological polar surface area (TPSA) is 134 Å². The Bertz CT molecular complexity index is 1540. The van der Waals surface area contributed by atoms with Crippen LogP contribution in [-0.4, -0.2) is 31.2 Å². The molecule has 2 aromatic carbocycles. The SMILES string of the molecule is Cc1ccc2c(c1)c(N=NC(=O)CCCC(=O)N=Nc1c(O)n(CC(C)C)c3ccc(C)cc13)c(O)n2CC(C)C. The molecule has 0 aliphatic heterocycles. The Kier molecular flexibility index (Phi) is 9.00. The van der Waals surface area contributed by atoms with Crippen LogP contribution in [0.2, 0.25) is 0 Å². The number of amides is 2. The molecule has 4 rings (SSSR count). The van der Waals surface area contributed by atoms with Crippen molar-refractivity contribution in [2.75, 3.05) is 0 Å². The summed E-state index contributed by atoms with van der Waals surface area (Å²) in [6.07, 6.45) is 0.205. The van der Waals surface area contributed by atoms with Crippen LogP contribution in [0, 0.1) is 25.7 Å². The van der Waals surface area contributed by atoms with Gasteiger partial charge >= 0.3 is 0 Å². The van der Waals surface area contributed by atoms with Crippen LogP contribution in [0.25, 0.3) is 21.8 Å². The summed E-state index contributed by atoms with van der Waals surface area (Å²) in [4.78, 5) is 24.9. The van der Waals surface area contributed by atoms with Gasteiger partial charge in [-0.15, -0.1) is 20.5 Å². The molecular formula is C31H38N6O4. The molecule has 4 aromatic rings. The maximum Gasteiger partial charge on any atom is 0.264 e. The number of aromatic nitrogens is 2. The Morgan fingerprint density at radius 1 is 0.707 bits per heavy atom. The molecule has 0 radical (unpaired) electrons. The summed E-state index contributed by atoms with van der Waals surface area (Å²) in [6, 6.07) is 11.6. The van der Waals surface area contributed by atoms with Gasteiger partial charge in [-0.2, -0.15) is 0 Å². The first-order valence-electron chi connectivity index (χ1n) is 14.0. The minimum atomic E-state index is -0.503. The summed E-state index contributed by atoms with van der Waals surface area (Å²) in [7, 11) is 0. The van der Waals surface area contributed by atoms with Crippen molar-refractivity contribution in [1.82, 2.24) is 9.13 Å². The second kappa shape index (κ2) is 12.4. The number of carbonyl (C=O) groups is 2. The fraction of sp³-hybridized carbons (Fsp3) is 0.419. The predicted molar refractivity (Wildman–Crippen MR) is 159 cm³/mol. The molecule has 10 heteroatoms. The smallest absolute Gasteiger partial charge is 0.264 e. The minimum Gasteiger partial charge on any atom is -0.493 e. The lowest BCUT2D eigenvalue weighted by atomic mass is 10.1. The molecule has 2 amide bonds. The molecular weight excluding hydrogens is 520 g/mol. The summed E-state index contributed by atoms with van der Waals surface area (Å²) in [5.74, 6) is -0.469. The molecule has 0 saturated carbocycles. The van der Waals surface area contributed by atoms with Gasteiger partial charge in [0.2, 0.25) is 11.8 Å². The van der Waals surface area contributed by atoms with Crippen LogP contribution >= 0.6 is 0 Å². The Morgan fingerprint density at radius 3 is 1.46 bits per heavy atom. The van der Waals surface area contributed by atoms with Gasteiger partial charge < -0.3 is 19.3 Å². The number of aryl methyl sites for hydroxylation is 2. The Balaban J connectivity index is 1.41. The van der Waals surface area contributed by atoms with Crippen molar-refractivity contribution in [2.45, 2.75) is 73.9 Å². The van der Waals surface area contributed by atoms with E-state index in [0.717, 1.165) is 32.9 Å². The second-order valence-electron chi connectivity index (χ2n) is 11.4. The summed E-state index contributed by atoms with van der Waals surface area (Å²) >= 11 is 0. The largest absolute Gasteiger partial charge is 0.493 e. The maximum atomic E-state index is 12.4. The van der Waals surface area contributed by atoms with Gasteiger partial charge in [-0.25, -0.2) is 0 Å². The molecule has 0 aliphatic rings. The van der Waals surface area contributed by atoms with Crippen LogP contribution in [0.3, 0.4) is 0 Å². The zero-order valence-corrected chi connectivity index (χ0v) is 24.5. The second-order valence-corrected chi connectivity index (χ2v) is 11.4. The summed E-state index contributed by atoms with van der Waals surface area (Å²) in [5, 5.41) is 38.9. The third-order valence-electron chi connectivity index (χ3n) is 6.73. The first-order chi connectivity index (χ1) is 19.5. The van der Waals surface area contributed by atoms with E-state index in [9.17, 15) is 19.8 Å². The number of nitrogens with zero attached hydrogens (tertiary/aromatic N) is 6. The highest BCUT2D eigenvalue weighted by Crippen LogP contribution is 2.41. The number of azo groups is 2. The molecule has 0 saturated heterocycles. The quantitative estimate of drug-likeness (QED) is 0.191. The van der Waals surface area contributed by atoms with Crippen molar-refractivity contribution < 1.29 is 19.8 Å². The Hall–Kier alpha value is -4.34. The van der Waals surface area contributed by atoms with Crippen molar-refractivity contribution in [1.29, 1.82) is 0 Å². The highest BCUT2D eigenvalue weighted by atomic mass is 16.3. The van der Waals surface area contributed by atoms with Crippen LogP contribution in [-0.2, 0) is 22.7 Å². The Labute approximate surface area is 239 Å². The van der Waals surface area contributed by atoms with Gasteiger partial charge in [0.1, 0.15) is 0 Å². The first kappa shape index (κ1) is 29.6. The van der Waals surface area contributed by atoms with E-state index in [1.165, 1.54) is 0 Å². The van der Waals surface area contributed by atoms with Gasteiger partial charge in [-0.05, 0) is 56.4 Å². The van der Waals surface area contributed by atoms with Gasteiger partial charge in [-0.1, -0.05) is 51.0 Å². The molecule has 216 valence electrons. The molecule has 2 heterocycles. The molecule has 2 aromatic heterocycles. The number of hydrogen-bond acceptors (Lipinski definition) is 6. The van der Waals surface area contributed by atoms with E-state index in [1.54, 1.807) is 9.13 Å². The zero-order chi connectivity index (χ0) is 29.8. The molecule has 0 aliphatic carbocycles. The van der Waals surface area contributed by atoms with Crippen LogP contribution in [0.15, 0.2) is 56.9 Å². The number of aromatic hydroxyl groups is 2. The lowest BCUT2D eigenvalue weighted by Crippen LogP contribution is -2.03. The van der Waals surface area contributed by atoms with E-state index in [-0.39, 0.29) is 42.4 Å². The number of fused-ring (bicyclic) bond motifs is 2. The van der Waals surface area contributed by atoms with Gasteiger partial charge in [0, 0.05) is 36.7 Å². The zero-order valence-electron chi connectivity index (χ0n) is 24.5. The van der Waals surface area contributed by atoms with Gasteiger partial charge in [-0.3, -0.25) is 9.59 Å². The molecule has 0 atom stereocenters. The van der Waals surface area contributed by atoms with Gasteiger partial charge in [0.25, 0.3) is 11.8 Å². The summed E-state index contributed by atoms with van der Waals surface area (Å²) in [6.45, 7) is 13.3. The molecule has 2 N–H and O–H groups in total. The fourth-order valence-corrected chi connectivity index (χ4v) is 4.87. The monoisotopic (exact) mass is 558 g/mol. The predicted octanol–water partition coefficient (Wildman–Crippen LogP) is 8.03.